The summed E-state index contributed by atoms with van der Waals surface area (Å²) in [6.45, 7) is 4.48. The quantitative estimate of drug-likeness (QED) is 0.669. The minimum Gasteiger partial charge on any atom is -0.379 e. The highest BCUT2D eigenvalue weighted by Crippen LogP contribution is 2.17. The zero-order chi connectivity index (χ0) is 13.1. The lowest BCUT2D eigenvalue weighted by molar-refractivity contribution is -0.139. The molecule has 6 heteroatoms. The van der Waals surface area contributed by atoms with Gasteiger partial charge in [0, 0.05) is 19.7 Å². The molecule has 0 aromatic rings. The van der Waals surface area contributed by atoms with E-state index >= 15 is 0 Å². The summed E-state index contributed by atoms with van der Waals surface area (Å²) in [5.41, 5.74) is 4.97. The first kappa shape index (κ1) is 13.9. The Bertz CT molecular complexity index is 298. The number of ether oxygens (including phenoxy) is 1. The van der Waals surface area contributed by atoms with Crippen LogP contribution in [0.5, 0.6) is 0 Å². The molecule has 1 atom stereocenters. The van der Waals surface area contributed by atoms with Gasteiger partial charge in [-0.2, -0.15) is 0 Å². The van der Waals surface area contributed by atoms with Crippen LogP contribution < -0.4 is 11.1 Å². The van der Waals surface area contributed by atoms with E-state index in [1.54, 1.807) is 7.05 Å². The smallest absolute Gasteiger partial charge is 0.245 e. The average molecular weight is 243 g/mol. The number of nitrogens with one attached hydrogen (secondary N) is 1. The Hall–Kier alpha value is -1.14. The molecule has 0 bridgehead atoms. The zero-order valence-electron chi connectivity index (χ0n) is 10.7. The molecule has 1 rings (SSSR count). The van der Waals surface area contributed by atoms with Crippen LogP contribution >= 0.6 is 0 Å². The number of nitrogens with zero attached hydrogens (tertiary/aromatic N) is 1. The summed E-state index contributed by atoms with van der Waals surface area (Å²) in [5, 5.41) is 2.73. The first-order chi connectivity index (χ1) is 7.85. The van der Waals surface area contributed by atoms with Crippen molar-refractivity contribution in [2.24, 2.45) is 5.73 Å². The summed E-state index contributed by atoms with van der Waals surface area (Å²) in [6.07, 6.45) is 0.502. The Balaban J connectivity index is 2.49. The van der Waals surface area contributed by atoms with Crippen LogP contribution in [-0.2, 0) is 14.3 Å². The number of hydrogen-bond acceptors (Lipinski definition) is 4. The lowest BCUT2D eigenvalue weighted by Gasteiger charge is -2.27. The molecule has 1 aliphatic rings. The van der Waals surface area contributed by atoms with Crippen LogP contribution in [-0.4, -0.2) is 55.1 Å². The Kier molecular flexibility index (Phi) is 4.47. The van der Waals surface area contributed by atoms with Crippen molar-refractivity contribution in [2.45, 2.75) is 31.8 Å². The molecule has 0 aromatic heterocycles. The maximum absolute atomic E-state index is 12.0. The molecule has 0 aromatic carbocycles. The molecule has 2 amide bonds. The molecule has 0 radical (unpaired) electrons. The standard InChI is InChI=1S/C11H21N3O3/c1-8(2)13-9(15)6-14(3)10(16)11(12)4-5-17-7-11/h8H,4-7,12H2,1-3H3,(H,13,15). The number of likely N-dealkylation sites (N-methyl/N-ethyl adjacent to an activating group) is 1. The normalized spacial score (nSPS) is 23.8. The van der Waals surface area contributed by atoms with Crippen LogP contribution in [0.25, 0.3) is 0 Å². The molecule has 1 fully saturated rings. The number of carbonyl (C=O) groups is 2. The third-order valence-corrected chi connectivity index (χ3v) is 2.66. The number of nitrogens with two attached hydrogens (primary N) is 1. The summed E-state index contributed by atoms with van der Waals surface area (Å²) < 4.78 is 5.13. The molecule has 0 aliphatic carbocycles. The predicted molar refractivity (Wildman–Crippen MR) is 63.3 cm³/mol. The minimum atomic E-state index is -0.965. The summed E-state index contributed by atoms with van der Waals surface area (Å²) in [7, 11) is 1.58. The van der Waals surface area contributed by atoms with Gasteiger partial charge < -0.3 is 20.7 Å². The van der Waals surface area contributed by atoms with Gasteiger partial charge >= 0.3 is 0 Å². The molecule has 1 unspecified atom stereocenters. The van der Waals surface area contributed by atoms with Crippen molar-refractivity contribution in [3.8, 4) is 0 Å². The van der Waals surface area contributed by atoms with E-state index in [0.29, 0.717) is 13.0 Å². The van der Waals surface area contributed by atoms with E-state index in [1.807, 2.05) is 13.8 Å². The van der Waals surface area contributed by atoms with Crippen molar-refractivity contribution >= 4 is 11.8 Å². The van der Waals surface area contributed by atoms with E-state index in [0.717, 1.165) is 0 Å². The zero-order valence-corrected chi connectivity index (χ0v) is 10.7. The summed E-state index contributed by atoms with van der Waals surface area (Å²) >= 11 is 0. The Morgan fingerprint density at radius 3 is 2.65 bits per heavy atom. The molecule has 17 heavy (non-hydrogen) atoms. The lowest BCUT2D eigenvalue weighted by Crippen LogP contribution is -2.56. The van der Waals surface area contributed by atoms with Gasteiger partial charge in [-0.1, -0.05) is 0 Å². The number of rotatable bonds is 4. The fourth-order valence-corrected chi connectivity index (χ4v) is 1.78. The van der Waals surface area contributed by atoms with Gasteiger partial charge in [0.1, 0.15) is 5.54 Å². The highest BCUT2D eigenvalue weighted by Gasteiger charge is 2.40. The average Bonchev–Trinajstić information content (AvgIpc) is 2.63. The summed E-state index contributed by atoms with van der Waals surface area (Å²) in [6, 6.07) is 0.0626. The van der Waals surface area contributed by atoms with Gasteiger partial charge in [0.2, 0.25) is 11.8 Å². The number of amides is 2. The summed E-state index contributed by atoms with van der Waals surface area (Å²) in [4.78, 5) is 24.9. The van der Waals surface area contributed by atoms with Crippen LogP contribution in [0, 0.1) is 0 Å². The van der Waals surface area contributed by atoms with E-state index in [2.05, 4.69) is 5.32 Å². The molecule has 0 saturated carbocycles. The second-order valence-corrected chi connectivity index (χ2v) is 4.84. The third-order valence-electron chi connectivity index (χ3n) is 2.66. The fraction of sp³-hybridized carbons (Fsp3) is 0.818. The van der Waals surface area contributed by atoms with Crippen molar-refractivity contribution in [1.82, 2.24) is 10.2 Å². The maximum Gasteiger partial charge on any atom is 0.245 e. The van der Waals surface area contributed by atoms with Crippen molar-refractivity contribution in [2.75, 3.05) is 26.8 Å². The monoisotopic (exact) mass is 243 g/mol. The molecular formula is C11H21N3O3. The Labute approximate surface area is 101 Å². The molecule has 6 nitrogen and oxygen atoms in total. The lowest BCUT2D eigenvalue weighted by atomic mass is 9.98. The molecule has 98 valence electrons. The SMILES string of the molecule is CC(C)NC(=O)CN(C)C(=O)C1(N)CCOC1. The van der Waals surface area contributed by atoms with E-state index in [1.165, 1.54) is 4.90 Å². The Morgan fingerprint density at radius 1 is 1.53 bits per heavy atom. The van der Waals surface area contributed by atoms with Crippen LogP contribution in [0.15, 0.2) is 0 Å². The van der Waals surface area contributed by atoms with Crippen LogP contribution in [0.4, 0.5) is 0 Å². The van der Waals surface area contributed by atoms with Crippen molar-refractivity contribution in [3.63, 3.8) is 0 Å². The van der Waals surface area contributed by atoms with Crippen molar-refractivity contribution in [3.05, 3.63) is 0 Å². The third kappa shape index (κ3) is 3.67. The Morgan fingerprint density at radius 2 is 2.18 bits per heavy atom. The largest absolute Gasteiger partial charge is 0.379 e. The van der Waals surface area contributed by atoms with E-state index in [4.69, 9.17) is 10.5 Å². The van der Waals surface area contributed by atoms with E-state index in [9.17, 15) is 9.59 Å². The van der Waals surface area contributed by atoms with Crippen molar-refractivity contribution in [1.29, 1.82) is 0 Å². The van der Waals surface area contributed by atoms with Crippen LogP contribution in [0.1, 0.15) is 20.3 Å². The van der Waals surface area contributed by atoms with Gasteiger partial charge in [0.25, 0.3) is 0 Å². The molecule has 1 saturated heterocycles. The van der Waals surface area contributed by atoms with Crippen LogP contribution in [0.3, 0.4) is 0 Å². The molecule has 3 N–H and O–H groups in total. The highest BCUT2D eigenvalue weighted by molar-refractivity contribution is 5.90. The van der Waals surface area contributed by atoms with Gasteiger partial charge in [-0.15, -0.1) is 0 Å². The molecule has 0 spiro atoms. The van der Waals surface area contributed by atoms with Gasteiger partial charge in [0.15, 0.2) is 0 Å². The van der Waals surface area contributed by atoms with Gasteiger partial charge in [-0.05, 0) is 20.3 Å². The van der Waals surface area contributed by atoms with Crippen LogP contribution in [0.2, 0.25) is 0 Å². The van der Waals surface area contributed by atoms with E-state index in [-0.39, 0.29) is 31.0 Å². The maximum atomic E-state index is 12.0. The summed E-state index contributed by atoms with van der Waals surface area (Å²) in [5.74, 6) is -0.424. The number of hydrogen-bond donors (Lipinski definition) is 2. The molecule has 1 aliphatic heterocycles. The second kappa shape index (κ2) is 5.46. The van der Waals surface area contributed by atoms with Crippen molar-refractivity contribution < 1.29 is 14.3 Å². The predicted octanol–water partition coefficient (Wildman–Crippen LogP) is -0.913. The van der Waals surface area contributed by atoms with E-state index < -0.39 is 5.54 Å². The van der Waals surface area contributed by atoms with Gasteiger partial charge in [0.05, 0.1) is 13.2 Å². The van der Waals surface area contributed by atoms with Gasteiger partial charge in [-0.25, -0.2) is 0 Å². The van der Waals surface area contributed by atoms with Gasteiger partial charge in [-0.3, -0.25) is 9.59 Å². The fourth-order valence-electron chi connectivity index (χ4n) is 1.78. The minimum absolute atomic E-state index is 0.0238. The highest BCUT2D eigenvalue weighted by atomic mass is 16.5. The second-order valence-electron chi connectivity index (χ2n) is 4.84. The first-order valence-electron chi connectivity index (χ1n) is 5.77. The molecule has 1 heterocycles. The topological polar surface area (TPSA) is 84.7 Å². The molecular weight excluding hydrogens is 222 g/mol. The first-order valence-corrected chi connectivity index (χ1v) is 5.77. The number of carbonyl (C=O) groups excluding carboxylic acids is 2.